The number of aryl methyl sites for hydroxylation is 1. The van der Waals surface area contributed by atoms with Gasteiger partial charge in [0.05, 0.1) is 0 Å². The molecular formula is C21H24F7N3O3S. The first-order valence-corrected chi connectivity index (χ1v) is 12.6. The Morgan fingerprint density at radius 1 is 0.943 bits per heavy atom. The Morgan fingerprint density at radius 3 is 2.14 bits per heavy atom. The molecule has 0 radical (unpaired) electrons. The molecule has 3 aliphatic rings. The first-order valence-electron chi connectivity index (χ1n) is 11.1. The number of hydrogen-bond acceptors (Lipinski definition) is 3. The molecule has 1 amide bonds. The molecule has 0 aliphatic heterocycles. The third-order valence-corrected chi connectivity index (χ3v) is 8.10. The Hall–Kier alpha value is -1.93. The van der Waals surface area contributed by atoms with E-state index in [0.717, 1.165) is 6.07 Å². The smallest absolute Gasteiger partial charge is 0.353 e. The fourth-order valence-corrected chi connectivity index (χ4v) is 6.42. The number of carbonyl (C=O) groups is 1. The summed E-state index contributed by atoms with van der Waals surface area (Å²) in [7, 11) is -3.84. The van der Waals surface area contributed by atoms with E-state index in [1.165, 1.54) is 0 Å². The van der Waals surface area contributed by atoms with Gasteiger partial charge in [-0.1, -0.05) is 18.2 Å². The number of rotatable bonds is 5. The monoisotopic (exact) mass is 531 g/mol. The molecule has 0 aromatic heterocycles. The topological polar surface area (TPSA) is 101 Å². The zero-order valence-electron chi connectivity index (χ0n) is 18.2. The minimum Gasteiger partial charge on any atom is -0.353 e. The van der Waals surface area contributed by atoms with Crippen LogP contribution in [-0.2, 0) is 27.1 Å². The van der Waals surface area contributed by atoms with E-state index in [1.807, 2.05) is 0 Å². The van der Waals surface area contributed by atoms with Gasteiger partial charge < -0.3 is 5.32 Å². The van der Waals surface area contributed by atoms with Crippen LogP contribution in [0.15, 0.2) is 18.2 Å². The van der Waals surface area contributed by atoms with E-state index in [9.17, 15) is 43.9 Å². The molecule has 1 aromatic carbocycles. The lowest BCUT2D eigenvalue weighted by Crippen LogP contribution is -2.55. The van der Waals surface area contributed by atoms with Crippen molar-refractivity contribution in [1.29, 1.82) is 0 Å². The number of fused-ring (bicyclic) bond motifs is 3. The van der Waals surface area contributed by atoms with Gasteiger partial charge in [0.2, 0.25) is 5.91 Å². The first-order chi connectivity index (χ1) is 16.0. The third-order valence-electron chi connectivity index (χ3n) is 7.44. The van der Waals surface area contributed by atoms with E-state index in [2.05, 4.69) is 10.0 Å². The normalized spacial score (nSPS) is 29.2. The van der Waals surface area contributed by atoms with E-state index < -0.39 is 33.8 Å². The van der Waals surface area contributed by atoms with Crippen LogP contribution in [0.4, 0.5) is 30.7 Å². The van der Waals surface area contributed by atoms with Crippen molar-refractivity contribution in [3.63, 3.8) is 0 Å². The third kappa shape index (κ3) is 4.76. The maximum absolute atomic E-state index is 14.5. The van der Waals surface area contributed by atoms with Gasteiger partial charge in [0.1, 0.15) is 0 Å². The van der Waals surface area contributed by atoms with E-state index in [0.29, 0.717) is 49.8 Å². The van der Waals surface area contributed by atoms with Crippen molar-refractivity contribution >= 4 is 16.1 Å². The fourth-order valence-electron chi connectivity index (χ4n) is 5.76. The van der Waals surface area contributed by atoms with Crippen LogP contribution >= 0.6 is 0 Å². The highest BCUT2D eigenvalue weighted by Gasteiger charge is 2.73. The minimum atomic E-state index is -6.17. The SMILES string of the molecule is NS(=O)(=O)N[C@H]1C[C@@H](NC(=O)[C@@H]2CC[C@H]3c4ccc(C(F)(C(F)(F)F)C(F)(F)F)cc4CC[C@@H]23)C1. The second kappa shape index (κ2) is 8.58. The number of amides is 1. The van der Waals surface area contributed by atoms with E-state index in [4.69, 9.17) is 5.14 Å². The largest absolute Gasteiger partial charge is 0.435 e. The number of benzene rings is 1. The molecule has 3 aliphatic carbocycles. The molecule has 0 unspecified atom stereocenters. The molecule has 0 saturated heterocycles. The van der Waals surface area contributed by atoms with Gasteiger partial charge in [-0.25, -0.2) is 9.53 Å². The zero-order valence-corrected chi connectivity index (χ0v) is 19.0. The van der Waals surface area contributed by atoms with Gasteiger partial charge in [-0.05, 0) is 61.5 Å². The van der Waals surface area contributed by atoms with Crippen LogP contribution in [0.5, 0.6) is 0 Å². The molecule has 4 N–H and O–H groups in total. The summed E-state index contributed by atoms with van der Waals surface area (Å²) in [6, 6.07) is 1.75. The number of halogens is 7. The summed E-state index contributed by atoms with van der Waals surface area (Å²) < 4.78 is 118. The number of carbonyl (C=O) groups excluding carboxylic acids is 1. The summed E-state index contributed by atoms with van der Waals surface area (Å²) in [6.45, 7) is 0. The van der Waals surface area contributed by atoms with Crippen LogP contribution in [0.1, 0.15) is 54.7 Å². The van der Waals surface area contributed by atoms with Gasteiger partial charge >= 0.3 is 18.0 Å². The number of alkyl halides is 7. The predicted molar refractivity (Wildman–Crippen MR) is 110 cm³/mol. The Kier molecular flexibility index (Phi) is 6.41. The molecule has 0 spiro atoms. The van der Waals surface area contributed by atoms with Crippen LogP contribution in [0.25, 0.3) is 0 Å². The molecule has 14 heteroatoms. The Balaban J connectivity index is 1.46. The lowest BCUT2D eigenvalue weighted by molar-refractivity contribution is -0.348. The number of nitrogens with two attached hydrogens (primary N) is 1. The second-order valence-corrected chi connectivity index (χ2v) is 10.9. The maximum atomic E-state index is 14.5. The summed E-state index contributed by atoms with van der Waals surface area (Å²) in [5.74, 6) is -0.975. The van der Waals surface area contributed by atoms with Crippen LogP contribution in [-0.4, -0.2) is 38.8 Å². The number of hydrogen-bond donors (Lipinski definition) is 3. The molecule has 2 saturated carbocycles. The predicted octanol–water partition coefficient (Wildman–Crippen LogP) is 3.47. The highest BCUT2D eigenvalue weighted by Crippen LogP contribution is 2.55. The van der Waals surface area contributed by atoms with Crippen LogP contribution in [0.2, 0.25) is 0 Å². The standard InChI is InChI=1S/C21H24F7N3O3S/c22-19(20(23,24)25,21(26,27)28)11-2-4-14-10(7-11)1-3-16-15(14)5-6-17(16)18(32)30-12-8-13(9-12)31-35(29,33)34/h2,4,7,12-13,15-17,31H,1,3,5-6,8-9H2,(H,30,32)(H2,29,33,34)/t12-,13+,15-,16+,17+/m0/s1. The van der Waals surface area contributed by atoms with E-state index >= 15 is 0 Å². The molecule has 6 nitrogen and oxygen atoms in total. The van der Waals surface area contributed by atoms with Gasteiger partial charge in [-0.3, -0.25) is 4.79 Å². The summed E-state index contributed by atoms with van der Waals surface area (Å²) in [5.41, 5.74) is -6.18. The average molecular weight is 531 g/mol. The quantitative estimate of drug-likeness (QED) is 0.508. The zero-order chi connectivity index (χ0) is 26.0. The lowest BCUT2D eigenvalue weighted by Gasteiger charge is -2.37. The lowest BCUT2D eigenvalue weighted by atomic mass is 9.73. The van der Waals surface area contributed by atoms with Gasteiger partial charge in [0.25, 0.3) is 10.2 Å². The summed E-state index contributed by atoms with van der Waals surface area (Å²) in [4.78, 5) is 12.8. The molecule has 35 heavy (non-hydrogen) atoms. The highest BCUT2D eigenvalue weighted by molar-refractivity contribution is 7.87. The fraction of sp³-hybridized carbons (Fsp3) is 0.667. The second-order valence-electron chi connectivity index (χ2n) is 9.60. The molecule has 0 bridgehead atoms. The van der Waals surface area contributed by atoms with E-state index in [1.54, 1.807) is 0 Å². The van der Waals surface area contributed by atoms with Crippen molar-refractivity contribution in [1.82, 2.24) is 10.0 Å². The van der Waals surface area contributed by atoms with Gasteiger partial charge in [-0.15, -0.1) is 0 Å². The van der Waals surface area contributed by atoms with Crippen molar-refractivity contribution in [2.75, 3.05) is 0 Å². The van der Waals surface area contributed by atoms with Gasteiger partial charge in [0.15, 0.2) is 0 Å². The first kappa shape index (κ1) is 26.1. The summed E-state index contributed by atoms with van der Waals surface area (Å²) in [6.07, 6.45) is -10.0. The molecular weight excluding hydrogens is 507 g/mol. The highest BCUT2D eigenvalue weighted by atomic mass is 32.2. The van der Waals surface area contributed by atoms with Crippen molar-refractivity contribution in [2.45, 2.75) is 74.5 Å². The molecule has 3 atom stereocenters. The van der Waals surface area contributed by atoms with Crippen molar-refractivity contribution in [3.05, 3.63) is 34.9 Å². The summed E-state index contributed by atoms with van der Waals surface area (Å²) in [5, 5.41) is 7.80. The maximum Gasteiger partial charge on any atom is 0.435 e. The van der Waals surface area contributed by atoms with Gasteiger partial charge in [0, 0.05) is 23.6 Å². The van der Waals surface area contributed by atoms with Crippen LogP contribution in [0, 0.1) is 11.8 Å². The summed E-state index contributed by atoms with van der Waals surface area (Å²) >= 11 is 0. The van der Waals surface area contributed by atoms with Crippen molar-refractivity contribution in [3.8, 4) is 0 Å². The molecule has 196 valence electrons. The minimum absolute atomic E-state index is 0.129. The van der Waals surface area contributed by atoms with Gasteiger partial charge in [-0.2, -0.15) is 39.5 Å². The molecule has 4 rings (SSSR count). The van der Waals surface area contributed by atoms with Crippen LogP contribution < -0.4 is 15.2 Å². The van der Waals surface area contributed by atoms with Crippen molar-refractivity contribution < 1.29 is 43.9 Å². The molecule has 0 heterocycles. The number of nitrogens with one attached hydrogen (secondary N) is 2. The Morgan fingerprint density at radius 2 is 1.57 bits per heavy atom. The Labute approximate surface area is 197 Å². The van der Waals surface area contributed by atoms with Crippen molar-refractivity contribution in [2.24, 2.45) is 17.0 Å². The van der Waals surface area contributed by atoms with Crippen LogP contribution in [0.3, 0.4) is 0 Å². The average Bonchev–Trinajstić information content (AvgIpc) is 3.13. The molecule has 2 fully saturated rings. The van der Waals surface area contributed by atoms with E-state index in [-0.39, 0.29) is 47.7 Å². The Bertz CT molecular complexity index is 1090. The molecule has 1 aromatic rings.